The number of carboxylic acid groups (broad SMARTS) is 1. The van der Waals surface area contributed by atoms with E-state index < -0.39 is 18.2 Å². The molecule has 0 atom stereocenters. The zero-order chi connectivity index (χ0) is 13.9. The topological polar surface area (TPSA) is 68.7 Å². The average molecular weight is 330 g/mol. The molecule has 0 saturated heterocycles. The summed E-state index contributed by atoms with van der Waals surface area (Å²) in [6.45, 7) is 0. The molecule has 9 heteroatoms. The Morgan fingerprint density at radius 2 is 2.17 bits per heavy atom. The van der Waals surface area contributed by atoms with Gasteiger partial charge in [0.1, 0.15) is 0 Å². The Labute approximate surface area is 108 Å². The third-order valence-corrected chi connectivity index (χ3v) is 2.41. The van der Waals surface area contributed by atoms with Crippen molar-refractivity contribution in [3.63, 3.8) is 0 Å². The number of hydrogen-bond donors (Lipinski definition) is 1. The first-order valence-electron chi connectivity index (χ1n) is 4.41. The SMILES string of the molecule is COc1cc(C(=O)O)c(CBr)c(OC(F)(F)F)n1. The van der Waals surface area contributed by atoms with Gasteiger partial charge in [-0.25, -0.2) is 4.79 Å². The predicted molar refractivity (Wildman–Crippen MR) is 57.1 cm³/mol. The van der Waals surface area contributed by atoms with Crippen LogP contribution in [0.15, 0.2) is 6.07 Å². The predicted octanol–water partition coefficient (Wildman–Crippen LogP) is 2.58. The van der Waals surface area contributed by atoms with Crippen molar-refractivity contribution in [2.75, 3.05) is 7.11 Å². The van der Waals surface area contributed by atoms with Crippen LogP contribution in [0.3, 0.4) is 0 Å². The van der Waals surface area contributed by atoms with Crippen molar-refractivity contribution in [3.8, 4) is 11.8 Å². The van der Waals surface area contributed by atoms with Gasteiger partial charge in [0, 0.05) is 17.0 Å². The highest BCUT2D eigenvalue weighted by Gasteiger charge is 2.34. The minimum atomic E-state index is -4.97. The highest BCUT2D eigenvalue weighted by molar-refractivity contribution is 9.08. The molecule has 0 amide bonds. The largest absolute Gasteiger partial charge is 0.574 e. The molecule has 1 rings (SSSR count). The molecule has 18 heavy (non-hydrogen) atoms. The van der Waals surface area contributed by atoms with Gasteiger partial charge in [-0.2, -0.15) is 4.98 Å². The number of aromatic carboxylic acids is 1. The highest BCUT2D eigenvalue weighted by Crippen LogP contribution is 2.31. The lowest BCUT2D eigenvalue weighted by Gasteiger charge is -2.14. The van der Waals surface area contributed by atoms with E-state index in [1.807, 2.05) is 0 Å². The van der Waals surface area contributed by atoms with Gasteiger partial charge >= 0.3 is 12.3 Å². The summed E-state index contributed by atoms with van der Waals surface area (Å²) in [5.74, 6) is -2.54. The van der Waals surface area contributed by atoms with Crippen LogP contribution in [0.4, 0.5) is 13.2 Å². The maximum absolute atomic E-state index is 12.2. The molecule has 0 aliphatic carbocycles. The fraction of sp³-hybridized carbons (Fsp3) is 0.333. The van der Waals surface area contributed by atoms with Crippen LogP contribution in [-0.2, 0) is 5.33 Å². The van der Waals surface area contributed by atoms with Gasteiger partial charge in [-0.1, -0.05) is 15.9 Å². The Balaban J connectivity index is 3.37. The maximum Gasteiger partial charge on any atom is 0.574 e. The average Bonchev–Trinajstić information content (AvgIpc) is 2.25. The number of pyridine rings is 1. The molecular weight excluding hydrogens is 323 g/mol. The molecule has 1 aromatic heterocycles. The van der Waals surface area contributed by atoms with Crippen LogP contribution in [-0.4, -0.2) is 29.5 Å². The summed E-state index contributed by atoms with van der Waals surface area (Å²) >= 11 is 2.89. The fourth-order valence-corrected chi connectivity index (χ4v) is 1.69. The van der Waals surface area contributed by atoms with Gasteiger partial charge in [-0.3, -0.25) is 0 Å². The molecule has 0 aromatic carbocycles. The standard InChI is InChI=1S/C9H7BrF3NO4/c1-17-6-2-4(8(15)16)5(3-10)7(14-6)18-9(11,12)13/h2H,3H2,1H3,(H,15,16). The van der Waals surface area contributed by atoms with Crippen molar-refractivity contribution >= 4 is 21.9 Å². The molecule has 1 heterocycles. The molecule has 1 aromatic rings. The van der Waals surface area contributed by atoms with Crippen LogP contribution in [0.25, 0.3) is 0 Å². The monoisotopic (exact) mass is 329 g/mol. The van der Waals surface area contributed by atoms with Crippen LogP contribution in [0, 0.1) is 0 Å². The highest BCUT2D eigenvalue weighted by atomic mass is 79.9. The van der Waals surface area contributed by atoms with Crippen molar-refractivity contribution < 1.29 is 32.5 Å². The molecule has 100 valence electrons. The quantitative estimate of drug-likeness (QED) is 0.860. The van der Waals surface area contributed by atoms with E-state index >= 15 is 0 Å². The molecule has 0 unspecified atom stereocenters. The lowest BCUT2D eigenvalue weighted by molar-refractivity contribution is -0.276. The van der Waals surface area contributed by atoms with E-state index in [1.165, 1.54) is 0 Å². The lowest BCUT2D eigenvalue weighted by Crippen LogP contribution is -2.20. The normalized spacial score (nSPS) is 11.2. The molecule has 5 nitrogen and oxygen atoms in total. The van der Waals surface area contributed by atoms with Crippen molar-refractivity contribution in [3.05, 3.63) is 17.2 Å². The minimum Gasteiger partial charge on any atom is -0.481 e. The van der Waals surface area contributed by atoms with Crippen molar-refractivity contribution in [2.45, 2.75) is 11.7 Å². The Morgan fingerprint density at radius 1 is 1.56 bits per heavy atom. The molecule has 0 spiro atoms. The van der Waals surface area contributed by atoms with Gasteiger partial charge in [0.25, 0.3) is 0 Å². The number of hydrogen-bond acceptors (Lipinski definition) is 4. The number of rotatable bonds is 4. The Morgan fingerprint density at radius 3 is 2.56 bits per heavy atom. The first kappa shape index (κ1) is 14.6. The summed E-state index contributed by atoms with van der Waals surface area (Å²) in [6.07, 6.45) is -4.97. The zero-order valence-electron chi connectivity index (χ0n) is 8.92. The van der Waals surface area contributed by atoms with E-state index in [0.717, 1.165) is 13.2 Å². The van der Waals surface area contributed by atoms with E-state index in [0.29, 0.717) is 0 Å². The van der Waals surface area contributed by atoms with Crippen molar-refractivity contribution in [1.82, 2.24) is 4.98 Å². The Hall–Kier alpha value is -1.51. The number of aromatic nitrogens is 1. The second-order valence-electron chi connectivity index (χ2n) is 2.98. The summed E-state index contributed by atoms with van der Waals surface area (Å²) in [4.78, 5) is 14.4. The van der Waals surface area contributed by atoms with Crippen LogP contribution in [0.2, 0.25) is 0 Å². The zero-order valence-corrected chi connectivity index (χ0v) is 10.5. The third kappa shape index (κ3) is 3.49. The summed E-state index contributed by atoms with van der Waals surface area (Å²) in [5.41, 5.74) is -0.599. The molecular formula is C9H7BrF3NO4. The van der Waals surface area contributed by atoms with Crippen LogP contribution in [0.5, 0.6) is 11.8 Å². The first-order chi connectivity index (χ1) is 8.28. The van der Waals surface area contributed by atoms with Gasteiger partial charge in [-0.05, 0) is 0 Å². The number of nitrogens with zero attached hydrogens (tertiary/aromatic N) is 1. The number of carbonyl (C=O) groups is 1. The van der Waals surface area contributed by atoms with Crippen LogP contribution < -0.4 is 9.47 Å². The molecule has 1 N–H and O–H groups in total. The van der Waals surface area contributed by atoms with Gasteiger partial charge in [-0.15, -0.1) is 13.2 Å². The third-order valence-electron chi connectivity index (χ3n) is 1.85. The molecule has 0 fully saturated rings. The second-order valence-corrected chi connectivity index (χ2v) is 3.54. The van der Waals surface area contributed by atoms with Gasteiger partial charge in [0.2, 0.25) is 11.8 Å². The maximum atomic E-state index is 12.2. The molecule has 0 bridgehead atoms. The van der Waals surface area contributed by atoms with Crippen molar-refractivity contribution in [2.24, 2.45) is 0 Å². The number of ether oxygens (including phenoxy) is 2. The number of carboxylic acids is 1. The summed E-state index contributed by atoms with van der Waals surface area (Å²) in [5, 5.41) is 8.74. The van der Waals surface area contributed by atoms with Crippen LogP contribution in [0.1, 0.15) is 15.9 Å². The van der Waals surface area contributed by atoms with Gasteiger partial charge < -0.3 is 14.6 Å². The molecule has 0 saturated carbocycles. The Kier molecular flexibility index (Phi) is 4.38. The van der Waals surface area contributed by atoms with E-state index in [4.69, 9.17) is 5.11 Å². The molecule has 0 aliphatic heterocycles. The van der Waals surface area contributed by atoms with E-state index in [2.05, 4.69) is 30.4 Å². The number of halogens is 4. The number of methoxy groups -OCH3 is 1. The minimum absolute atomic E-state index is 0.156. The number of alkyl halides is 4. The van der Waals surface area contributed by atoms with E-state index in [-0.39, 0.29) is 22.3 Å². The van der Waals surface area contributed by atoms with Gasteiger partial charge in [0.15, 0.2) is 0 Å². The first-order valence-corrected chi connectivity index (χ1v) is 5.53. The van der Waals surface area contributed by atoms with E-state index in [9.17, 15) is 18.0 Å². The Bertz CT molecular complexity index is 464. The summed E-state index contributed by atoms with van der Waals surface area (Å²) in [7, 11) is 1.15. The van der Waals surface area contributed by atoms with Crippen LogP contribution >= 0.6 is 15.9 Å². The lowest BCUT2D eigenvalue weighted by atomic mass is 10.1. The van der Waals surface area contributed by atoms with Crippen molar-refractivity contribution in [1.29, 1.82) is 0 Å². The summed E-state index contributed by atoms with van der Waals surface area (Å²) < 4.78 is 44.8. The van der Waals surface area contributed by atoms with Gasteiger partial charge in [0.05, 0.1) is 12.7 Å². The smallest absolute Gasteiger partial charge is 0.481 e. The summed E-state index contributed by atoms with van der Waals surface area (Å²) in [6, 6.07) is 1.02. The second kappa shape index (κ2) is 5.42. The van der Waals surface area contributed by atoms with E-state index in [1.54, 1.807) is 0 Å². The molecule has 0 aliphatic rings. The molecule has 0 radical (unpaired) electrons. The fourth-order valence-electron chi connectivity index (χ4n) is 1.14.